The highest BCUT2D eigenvalue weighted by molar-refractivity contribution is 5.19. The van der Waals surface area contributed by atoms with E-state index < -0.39 is 11.6 Å². The SMILES string of the molecule is CN(C)CCN1CCC(CNCc2c(F)cccc2F)CC1. The van der Waals surface area contributed by atoms with Crippen LogP contribution in [0, 0.1) is 17.6 Å². The lowest BCUT2D eigenvalue weighted by atomic mass is 9.96. The molecule has 124 valence electrons. The number of likely N-dealkylation sites (tertiary alicyclic amines) is 1. The summed E-state index contributed by atoms with van der Waals surface area (Å²) in [4.78, 5) is 4.70. The molecule has 5 heteroatoms. The van der Waals surface area contributed by atoms with Gasteiger partial charge in [-0.15, -0.1) is 0 Å². The third-order valence-electron chi connectivity index (χ3n) is 4.37. The molecule has 0 bridgehead atoms. The Balaban J connectivity index is 1.67. The van der Waals surface area contributed by atoms with Crippen LogP contribution in [0.5, 0.6) is 0 Å². The molecule has 0 amide bonds. The molecule has 0 saturated carbocycles. The first-order chi connectivity index (χ1) is 10.6. The number of hydrogen-bond donors (Lipinski definition) is 1. The van der Waals surface area contributed by atoms with Crippen LogP contribution >= 0.6 is 0 Å². The molecular formula is C17H27F2N3. The predicted octanol–water partition coefficient (Wildman–Crippen LogP) is 2.33. The third kappa shape index (κ3) is 5.30. The Bertz CT molecular complexity index is 437. The number of nitrogens with one attached hydrogen (secondary N) is 1. The normalized spacial score (nSPS) is 17.3. The number of hydrogen-bond acceptors (Lipinski definition) is 3. The fourth-order valence-corrected chi connectivity index (χ4v) is 2.86. The van der Waals surface area contributed by atoms with Crippen molar-refractivity contribution in [3.8, 4) is 0 Å². The van der Waals surface area contributed by atoms with Crippen LogP contribution in [-0.4, -0.2) is 56.6 Å². The molecule has 0 unspecified atom stereocenters. The minimum Gasteiger partial charge on any atom is -0.312 e. The maximum atomic E-state index is 13.5. The van der Waals surface area contributed by atoms with E-state index in [9.17, 15) is 8.78 Å². The molecule has 1 aromatic rings. The van der Waals surface area contributed by atoms with Crippen LogP contribution < -0.4 is 5.32 Å². The van der Waals surface area contributed by atoms with Gasteiger partial charge in [-0.3, -0.25) is 0 Å². The average Bonchev–Trinajstić information content (AvgIpc) is 2.49. The summed E-state index contributed by atoms with van der Waals surface area (Å²) in [5.41, 5.74) is 0.144. The highest BCUT2D eigenvalue weighted by atomic mass is 19.1. The van der Waals surface area contributed by atoms with Gasteiger partial charge in [0.1, 0.15) is 11.6 Å². The summed E-state index contributed by atoms with van der Waals surface area (Å²) in [6.07, 6.45) is 2.31. The Labute approximate surface area is 132 Å². The van der Waals surface area contributed by atoms with Gasteiger partial charge < -0.3 is 15.1 Å². The largest absolute Gasteiger partial charge is 0.312 e. The van der Waals surface area contributed by atoms with Crippen LogP contribution in [0.25, 0.3) is 0 Å². The smallest absolute Gasteiger partial charge is 0.130 e. The second-order valence-corrected chi connectivity index (χ2v) is 6.42. The number of likely N-dealkylation sites (N-methyl/N-ethyl adjacent to an activating group) is 1. The number of rotatable bonds is 7. The molecule has 0 atom stereocenters. The molecule has 0 spiro atoms. The lowest BCUT2D eigenvalue weighted by Crippen LogP contribution is -2.40. The van der Waals surface area contributed by atoms with E-state index in [4.69, 9.17) is 0 Å². The zero-order valence-corrected chi connectivity index (χ0v) is 13.6. The van der Waals surface area contributed by atoms with Crippen molar-refractivity contribution >= 4 is 0 Å². The van der Waals surface area contributed by atoms with Crippen molar-refractivity contribution in [2.24, 2.45) is 5.92 Å². The molecule has 1 saturated heterocycles. The average molecular weight is 311 g/mol. The Morgan fingerprint density at radius 2 is 1.82 bits per heavy atom. The second kappa shape index (κ2) is 8.56. The fraction of sp³-hybridized carbons (Fsp3) is 0.647. The molecule has 1 aromatic carbocycles. The summed E-state index contributed by atoms with van der Waals surface area (Å²) in [6, 6.07) is 4.02. The third-order valence-corrected chi connectivity index (χ3v) is 4.37. The van der Waals surface area contributed by atoms with E-state index in [0.29, 0.717) is 5.92 Å². The monoisotopic (exact) mass is 311 g/mol. The Kier molecular flexibility index (Phi) is 6.73. The molecule has 22 heavy (non-hydrogen) atoms. The molecule has 1 heterocycles. The summed E-state index contributed by atoms with van der Waals surface area (Å²) in [5.74, 6) is -0.331. The second-order valence-electron chi connectivity index (χ2n) is 6.42. The van der Waals surface area contributed by atoms with E-state index in [1.54, 1.807) is 0 Å². The standard InChI is InChI=1S/C17H27F2N3/c1-21(2)10-11-22-8-6-14(7-9-22)12-20-13-15-16(18)4-3-5-17(15)19/h3-5,14,20H,6-13H2,1-2H3. The molecule has 1 aliphatic heterocycles. The topological polar surface area (TPSA) is 18.5 Å². The van der Waals surface area contributed by atoms with Gasteiger partial charge in [0.25, 0.3) is 0 Å². The fourth-order valence-electron chi connectivity index (χ4n) is 2.86. The minimum absolute atomic E-state index is 0.144. The number of nitrogens with zero attached hydrogens (tertiary/aromatic N) is 2. The van der Waals surface area contributed by atoms with Gasteiger partial charge in [0.15, 0.2) is 0 Å². The summed E-state index contributed by atoms with van der Waals surface area (Å²) in [5, 5.41) is 3.21. The summed E-state index contributed by atoms with van der Waals surface area (Å²) >= 11 is 0. The molecule has 0 radical (unpaired) electrons. The Hall–Kier alpha value is -1.04. The van der Waals surface area contributed by atoms with E-state index in [1.807, 2.05) is 0 Å². The maximum absolute atomic E-state index is 13.5. The van der Waals surface area contributed by atoms with Gasteiger partial charge in [0.2, 0.25) is 0 Å². The van der Waals surface area contributed by atoms with Crippen molar-refractivity contribution in [3.05, 3.63) is 35.4 Å². The van der Waals surface area contributed by atoms with E-state index >= 15 is 0 Å². The predicted molar refractivity (Wildman–Crippen MR) is 85.8 cm³/mol. The van der Waals surface area contributed by atoms with E-state index in [0.717, 1.165) is 45.6 Å². The van der Waals surface area contributed by atoms with Gasteiger partial charge in [-0.05, 0) is 64.6 Å². The number of piperidine rings is 1. The first-order valence-corrected chi connectivity index (χ1v) is 8.07. The molecule has 1 N–H and O–H groups in total. The van der Waals surface area contributed by atoms with Crippen molar-refractivity contribution in [1.82, 2.24) is 15.1 Å². The van der Waals surface area contributed by atoms with Crippen LogP contribution in [-0.2, 0) is 6.54 Å². The van der Waals surface area contributed by atoms with E-state index in [-0.39, 0.29) is 12.1 Å². The molecular weight excluding hydrogens is 284 g/mol. The number of halogens is 2. The molecule has 0 aliphatic carbocycles. The molecule has 3 nitrogen and oxygen atoms in total. The Morgan fingerprint density at radius 1 is 1.18 bits per heavy atom. The molecule has 0 aromatic heterocycles. The quantitative estimate of drug-likeness (QED) is 0.834. The molecule has 1 fully saturated rings. The van der Waals surface area contributed by atoms with Crippen molar-refractivity contribution in [2.45, 2.75) is 19.4 Å². The van der Waals surface area contributed by atoms with Crippen LogP contribution in [0.2, 0.25) is 0 Å². The summed E-state index contributed by atoms with van der Waals surface area (Å²) in [7, 11) is 4.19. The summed E-state index contributed by atoms with van der Waals surface area (Å²) in [6.45, 7) is 5.54. The highest BCUT2D eigenvalue weighted by Crippen LogP contribution is 2.17. The van der Waals surface area contributed by atoms with Gasteiger partial charge in [-0.2, -0.15) is 0 Å². The van der Waals surface area contributed by atoms with Crippen LogP contribution in [0.15, 0.2) is 18.2 Å². The lowest BCUT2D eigenvalue weighted by Gasteiger charge is -2.32. The van der Waals surface area contributed by atoms with Gasteiger partial charge in [0.05, 0.1) is 0 Å². The van der Waals surface area contributed by atoms with Gasteiger partial charge in [-0.25, -0.2) is 8.78 Å². The van der Waals surface area contributed by atoms with Crippen molar-refractivity contribution in [2.75, 3.05) is 46.8 Å². The molecule has 1 aliphatic rings. The lowest BCUT2D eigenvalue weighted by molar-refractivity contribution is 0.169. The van der Waals surface area contributed by atoms with Crippen LogP contribution in [0.4, 0.5) is 8.78 Å². The van der Waals surface area contributed by atoms with Crippen LogP contribution in [0.1, 0.15) is 18.4 Å². The van der Waals surface area contributed by atoms with Gasteiger partial charge in [-0.1, -0.05) is 6.07 Å². The van der Waals surface area contributed by atoms with Gasteiger partial charge >= 0.3 is 0 Å². The molecule has 2 rings (SSSR count). The zero-order valence-electron chi connectivity index (χ0n) is 13.6. The first-order valence-electron chi connectivity index (χ1n) is 8.07. The minimum atomic E-state index is -0.467. The highest BCUT2D eigenvalue weighted by Gasteiger charge is 2.19. The van der Waals surface area contributed by atoms with Crippen molar-refractivity contribution in [1.29, 1.82) is 0 Å². The van der Waals surface area contributed by atoms with Gasteiger partial charge in [0, 0.05) is 25.2 Å². The maximum Gasteiger partial charge on any atom is 0.130 e. The van der Waals surface area contributed by atoms with Crippen molar-refractivity contribution in [3.63, 3.8) is 0 Å². The Morgan fingerprint density at radius 3 is 2.41 bits per heavy atom. The van der Waals surface area contributed by atoms with Crippen LogP contribution in [0.3, 0.4) is 0 Å². The van der Waals surface area contributed by atoms with E-state index in [1.165, 1.54) is 18.2 Å². The van der Waals surface area contributed by atoms with E-state index in [2.05, 4.69) is 29.2 Å². The first kappa shape index (κ1) is 17.3. The number of benzene rings is 1. The van der Waals surface area contributed by atoms with Crippen molar-refractivity contribution < 1.29 is 8.78 Å². The zero-order chi connectivity index (χ0) is 15.9. The summed E-state index contributed by atoms with van der Waals surface area (Å²) < 4.78 is 27.1.